The number of fused-ring (bicyclic) bond motifs is 1. The Hall–Kier alpha value is -1.02. The molecule has 1 aromatic rings. The number of hydrogen-bond acceptors (Lipinski definition) is 2. The summed E-state index contributed by atoms with van der Waals surface area (Å²) in [7, 11) is 2.30. The van der Waals surface area contributed by atoms with Crippen LogP contribution in [0.1, 0.15) is 43.7 Å². The van der Waals surface area contributed by atoms with Crippen molar-refractivity contribution in [2.75, 3.05) is 13.6 Å². The molecule has 1 saturated carbocycles. The summed E-state index contributed by atoms with van der Waals surface area (Å²) in [5.74, 6) is 2.10. The Morgan fingerprint density at radius 2 is 2.15 bits per heavy atom. The van der Waals surface area contributed by atoms with E-state index in [-0.39, 0.29) is 0 Å². The molecule has 1 saturated heterocycles. The summed E-state index contributed by atoms with van der Waals surface area (Å²) in [5, 5.41) is 9.97. The summed E-state index contributed by atoms with van der Waals surface area (Å²) in [6.45, 7) is 3.63. The van der Waals surface area contributed by atoms with Crippen LogP contribution >= 0.6 is 0 Å². The van der Waals surface area contributed by atoms with E-state index in [9.17, 15) is 5.11 Å². The first-order chi connectivity index (χ1) is 9.60. The Kier molecular flexibility index (Phi) is 2.69. The van der Waals surface area contributed by atoms with Gasteiger partial charge in [-0.15, -0.1) is 0 Å². The van der Waals surface area contributed by atoms with Crippen LogP contribution in [0, 0.1) is 11.8 Å². The second-order valence-electron chi connectivity index (χ2n) is 7.49. The number of likely N-dealkylation sites (tertiary alicyclic amines) is 1. The third kappa shape index (κ3) is 1.60. The van der Waals surface area contributed by atoms with Crippen molar-refractivity contribution in [3.05, 3.63) is 29.3 Å². The summed E-state index contributed by atoms with van der Waals surface area (Å²) in [5.41, 5.74) is 3.33. The molecule has 0 radical (unpaired) electrons. The molecule has 2 unspecified atom stereocenters. The Bertz CT molecular complexity index is 536. The normalized spacial score (nSPS) is 40.0. The maximum atomic E-state index is 9.97. The molecular formula is C18H25NO. The quantitative estimate of drug-likeness (QED) is 0.782. The minimum absolute atomic E-state index is 0.357. The largest absolute Gasteiger partial charge is 0.508 e. The number of phenols is 1. The predicted octanol–water partition coefficient (Wildman–Crippen LogP) is 3.33. The Morgan fingerprint density at radius 1 is 1.30 bits per heavy atom. The number of phenolic OH excluding ortho intramolecular Hbond substituents is 1. The Morgan fingerprint density at radius 3 is 3.00 bits per heavy atom. The maximum Gasteiger partial charge on any atom is 0.115 e. The average Bonchev–Trinajstić information content (AvgIpc) is 2.43. The fraction of sp³-hybridized carbons (Fsp3) is 0.667. The Balaban J connectivity index is 1.88. The number of nitrogens with zero attached hydrogens (tertiary/aromatic N) is 1. The fourth-order valence-corrected chi connectivity index (χ4v) is 5.35. The topological polar surface area (TPSA) is 23.5 Å². The van der Waals surface area contributed by atoms with Crippen LogP contribution in [0.2, 0.25) is 0 Å². The summed E-state index contributed by atoms with van der Waals surface area (Å²) < 4.78 is 0. The van der Waals surface area contributed by atoms with Crippen molar-refractivity contribution in [1.82, 2.24) is 4.90 Å². The third-order valence-electron chi connectivity index (χ3n) is 6.45. The van der Waals surface area contributed by atoms with E-state index >= 15 is 0 Å². The molecule has 2 bridgehead atoms. The highest BCUT2D eigenvalue weighted by Gasteiger charge is 2.54. The van der Waals surface area contributed by atoms with Crippen molar-refractivity contribution >= 4 is 0 Å². The van der Waals surface area contributed by atoms with Gasteiger partial charge >= 0.3 is 0 Å². The van der Waals surface area contributed by atoms with E-state index in [4.69, 9.17) is 0 Å². The van der Waals surface area contributed by atoms with Gasteiger partial charge in [0.25, 0.3) is 0 Å². The molecule has 4 atom stereocenters. The van der Waals surface area contributed by atoms with Crippen molar-refractivity contribution in [3.63, 3.8) is 0 Å². The van der Waals surface area contributed by atoms with Crippen molar-refractivity contribution in [3.8, 4) is 5.75 Å². The van der Waals surface area contributed by atoms with Crippen LogP contribution in [-0.4, -0.2) is 29.6 Å². The molecule has 0 amide bonds. The minimum atomic E-state index is 0.357. The van der Waals surface area contributed by atoms with Crippen LogP contribution < -0.4 is 0 Å². The molecule has 0 spiro atoms. The molecule has 1 heterocycles. The second kappa shape index (κ2) is 4.24. The zero-order chi connectivity index (χ0) is 13.9. The van der Waals surface area contributed by atoms with Gasteiger partial charge in [-0.3, -0.25) is 0 Å². The Labute approximate surface area is 121 Å². The number of piperidine rings is 1. The first-order valence-corrected chi connectivity index (χ1v) is 8.13. The van der Waals surface area contributed by atoms with Crippen LogP contribution in [0.15, 0.2) is 18.2 Å². The van der Waals surface area contributed by atoms with Crippen molar-refractivity contribution in [1.29, 1.82) is 0 Å². The SMILES string of the molecule is CC1CC[C@]23CCN(C)[C@H](Cc4ccc(O)cc42)C3C1. The lowest BCUT2D eigenvalue weighted by molar-refractivity contribution is -0.0112. The van der Waals surface area contributed by atoms with Gasteiger partial charge in [-0.25, -0.2) is 0 Å². The van der Waals surface area contributed by atoms with Gasteiger partial charge in [-0.2, -0.15) is 0 Å². The smallest absolute Gasteiger partial charge is 0.115 e. The molecule has 1 N–H and O–H groups in total. The van der Waals surface area contributed by atoms with E-state index < -0.39 is 0 Å². The van der Waals surface area contributed by atoms with Crippen LogP contribution in [0.5, 0.6) is 5.75 Å². The van der Waals surface area contributed by atoms with Gasteiger partial charge in [0, 0.05) is 11.5 Å². The van der Waals surface area contributed by atoms with Crippen molar-refractivity contribution in [2.24, 2.45) is 11.8 Å². The number of aromatic hydroxyl groups is 1. The number of hydrogen-bond donors (Lipinski definition) is 1. The van der Waals surface area contributed by atoms with E-state index in [2.05, 4.69) is 31.0 Å². The van der Waals surface area contributed by atoms with Gasteiger partial charge in [-0.1, -0.05) is 13.0 Å². The summed E-state index contributed by atoms with van der Waals surface area (Å²) in [6.07, 6.45) is 6.48. The van der Waals surface area contributed by atoms with Crippen LogP contribution in [0.4, 0.5) is 0 Å². The highest BCUT2D eigenvalue weighted by molar-refractivity contribution is 5.45. The molecule has 3 aliphatic rings. The number of rotatable bonds is 0. The zero-order valence-electron chi connectivity index (χ0n) is 12.6. The molecule has 20 heavy (non-hydrogen) atoms. The number of benzene rings is 1. The van der Waals surface area contributed by atoms with E-state index in [1.807, 2.05) is 6.07 Å². The van der Waals surface area contributed by atoms with E-state index in [0.717, 1.165) is 11.8 Å². The van der Waals surface area contributed by atoms with Crippen molar-refractivity contribution < 1.29 is 5.11 Å². The highest BCUT2D eigenvalue weighted by atomic mass is 16.3. The molecule has 2 aliphatic carbocycles. The minimum Gasteiger partial charge on any atom is -0.508 e. The van der Waals surface area contributed by atoms with E-state index in [1.54, 1.807) is 0 Å². The highest BCUT2D eigenvalue weighted by Crippen LogP contribution is 2.56. The average molecular weight is 271 g/mol. The number of likely N-dealkylation sites (N-methyl/N-ethyl adjacent to an activating group) is 1. The second-order valence-corrected chi connectivity index (χ2v) is 7.49. The van der Waals surface area contributed by atoms with Crippen LogP contribution in [0.3, 0.4) is 0 Å². The molecule has 0 aromatic heterocycles. The van der Waals surface area contributed by atoms with Gasteiger partial charge in [0.2, 0.25) is 0 Å². The predicted molar refractivity (Wildman–Crippen MR) is 81.0 cm³/mol. The summed E-state index contributed by atoms with van der Waals surface area (Å²) >= 11 is 0. The molecule has 4 rings (SSSR count). The molecule has 1 aromatic carbocycles. The lowest BCUT2D eigenvalue weighted by Crippen LogP contribution is -2.60. The molecule has 2 heteroatoms. The van der Waals surface area contributed by atoms with Gasteiger partial charge in [0.05, 0.1) is 0 Å². The molecule has 2 nitrogen and oxygen atoms in total. The molecule has 108 valence electrons. The van der Waals surface area contributed by atoms with Crippen LogP contribution in [0.25, 0.3) is 0 Å². The first-order valence-electron chi connectivity index (χ1n) is 8.13. The lowest BCUT2D eigenvalue weighted by Gasteiger charge is -2.59. The molecule has 1 aliphatic heterocycles. The first kappa shape index (κ1) is 12.7. The lowest BCUT2D eigenvalue weighted by atomic mass is 9.51. The molecule has 2 fully saturated rings. The monoisotopic (exact) mass is 271 g/mol. The summed E-state index contributed by atoms with van der Waals surface area (Å²) in [4.78, 5) is 2.59. The van der Waals surface area contributed by atoms with E-state index in [0.29, 0.717) is 17.2 Å². The van der Waals surface area contributed by atoms with Gasteiger partial charge in [0.1, 0.15) is 5.75 Å². The van der Waals surface area contributed by atoms with Gasteiger partial charge < -0.3 is 10.0 Å². The standard InChI is InChI=1S/C18H25NO/c1-12-5-6-18-7-8-19(2)17(16(18)9-12)10-13-3-4-14(20)11-15(13)18/h3-4,11-12,16-17,20H,5-10H2,1-2H3/t12?,16?,17-,18+/m1/s1. The van der Waals surface area contributed by atoms with Gasteiger partial charge in [-0.05, 0) is 80.8 Å². The maximum absolute atomic E-state index is 9.97. The third-order valence-corrected chi connectivity index (χ3v) is 6.45. The fourth-order valence-electron chi connectivity index (χ4n) is 5.35. The summed E-state index contributed by atoms with van der Waals surface area (Å²) in [6, 6.07) is 6.84. The zero-order valence-corrected chi connectivity index (χ0v) is 12.6. The van der Waals surface area contributed by atoms with Crippen LogP contribution in [-0.2, 0) is 11.8 Å². The van der Waals surface area contributed by atoms with Crippen molar-refractivity contribution in [2.45, 2.75) is 50.5 Å². The van der Waals surface area contributed by atoms with Gasteiger partial charge in [0.15, 0.2) is 0 Å². The molecular weight excluding hydrogens is 246 g/mol. The van der Waals surface area contributed by atoms with E-state index in [1.165, 1.54) is 49.8 Å².